The van der Waals surface area contributed by atoms with E-state index >= 15 is 0 Å². The number of ether oxygens (including phenoxy) is 3. The van der Waals surface area contributed by atoms with E-state index in [4.69, 9.17) is 14.2 Å². The molecule has 1 aromatic rings. The van der Waals surface area contributed by atoms with Crippen molar-refractivity contribution in [2.24, 2.45) is 0 Å². The Bertz CT molecular complexity index is 587. The molecule has 1 aromatic carbocycles. The third kappa shape index (κ3) is 5.79. The summed E-state index contributed by atoms with van der Waals surface area (Å²) in [6.07, 6.45) is -0.348. The first-order valence-corrected chi connectivity index (χ1v) is 8.79. The van der Waals surface area contributed by atoms with Crippen molar-refractivity contribution >= 4 is 12.4 Å². The lowest BCUT2D eigenvalue weighted by molar-refractivity contribution is -0.221. The van der Waals surface area contributed by atoms with E-state index < -0.39 is 24.0 Å². The standard InChI is InChI=1S/C19H28N2O5/c1-15(12-22)21(18(23)26-19(2,3)4)20-10-11-24-14-17(20)25-13-16-8-6-5-7-9-16/h5-9,12,15,17H,10-11,13-14H2,1-4H3. The smallest absolute Gasteiger partial charge is 0.425 e. The van der Waals surface area contributed by atoms with Crippen LogP contribution in [0.15, 0.2) is 30.3 Å². The van der Waals surface area contributed by atoms with Crippen molar-refractivity contribution in [3.63, 3.8) is 0 Å². The van der Waals surface area contributed by atoms with Gasteiger partial charge in [0.05, 0.1) is 19.8 Å². The molecule has 7 heteroatoms. The lowest BCUT2D eigenvalue weighted by Gasteiger charge is -2.43. The highest BCUT2D eigenvalue weighted by Crippen LogP contribution is 2.19. The molecule has 26 heavy (non-hydrogen) atoms. The minimum atomic E-state index is -0.675. The fraction of sp³-hybridized carbons (Fsp3) is 0.579. The average Bonchev–Trinajstić information content (AvgIpc) is 2.60. The van der Waals surface area contributed by atoms with Gasteiger partial charge in [-0.3, -0.25) is 0 Å². The average molecular weight is 364 g/mol. The predicted molar refractivity (Wildman–Crippen MR) is 96.1 cm³/mol. The minimum Gasteiger partial charge on any atom is -0.443 e. The molecule has 7 nitrogen and oxygen atoms in total. The van der Waals surface area contributed by atoms with E-state index in [-0.39, 0.29) is 0 Å². The van der Waals surface area contributed by atoms with Crippen LogP contribution in [-0.2, 0) is 25.6 Å². The van der Waals surface area contributed by atoms with Crippen molar-refractivity contribution in [3.05, 3.63) is 35.9 Å². The second-order valence-electron chi connectivity index (χ2n) is 7.19. The van der Waals surface area contributed by atoms with Crippen LogP contribution in [-0.4, -0.2) is 60.0 Å². The van der Waals surface area contributed by atoms with Crippen LogP contribution in [0.1, 0.15) is 33.3 Å². The lowest BCUT2D eigenvalue weighted by atomic mass is 10.2. The molecule has 2 rings (SSSR count). The first-order valence-electron chi connectivity index (χ1n) is 8.79. The Hall–Kier alpha value is -1.96. The Morgan fingerprint density at radius 2 is 2.08 bits per heavy atom. The Morgan fingerprint density at radius 1 is 1.38 bits per heavy atom. The molecule has 0 aliphatic carbocycles. The molecule has 0 aromatic heterocycles. The van der Waals surface area contributed by atoms with Gasteiger partial charge in [-0.1, -0.05) is 30.3 Å². The zero-order chi connectivity index (χ0) is 19.2. The van der Waals surface area contributed by atoms with E-state index in [1.54, 1.807) is 32.7 Å². The zero-order valence-electron chi connectivity index (χ0n) is 15.9. The number of aldehydes is 1. The molecular formula is C19H28N2O5. The van der Waals surface area contributed by atoms with Gasteiger partial charge in [0.25, 0.3) is 0 Å². The molecule has 1 aliphatic rings. The molecule has 0 N–H and O–H groups in total. The van der Waals surface area contributed by atoms with Gasteiger partial charge in [0.1, 0.15) is 17.9 Å². The Kier molecular flexibility index (Phi) is 7.14. The van der Waals surface area contributed by atoms with Crippen molar-refractivity contribution < 1.29 is 23.8 Å². The normalized spacial score (nSPS) is 19.6. The number of benzene rings is 1. The molecule has 1 aliphatic heterocycles. The fourth-order valence-corrected chi connectivity index (χ4v) is 2.59. The molecule has 1 fully saturated rings. The molecule has 1 saturated heterocycles. The summed E-state index contributed by atoms with van der Waals surface area (Å²) in [7, 11) is 0. The highest BCUT2D eigenvalue weighted by molar-refractivity contribution is 5.73. The minimum absolute atomic E-state index is 0.303. The molecule has 0 spiro atoms. The van der Waals surface area contributed by atoms with Crippen molar-refractivity contribution in [2.75, 3.05) is 19.8 Å². The summed E-state index contributed by atoms with van der Waals surface area (Å²) < 4.78 is 17.0. The van der Waals surface area contributed by atoms with Crippen LogP contribution in [0.4, 0.5) is 4.79 Å². The molecule has 144 valence electrons. The van der Waals surface area contributed by atoms with Gasteiger partial charge >= 0.3 is 6.09 Å². The van der Waals surface area contributed by atoms with Crippen molar-refractivity contribution in [2.45, 2.75) is 52.2 Å². The number of rotatable bonds is 6. The molecule has 2 unspecified atom stereocenters. The quantitative estimate of drug-likeness (QED) is 0.723. The Balaban J connectivity index is 2.14. The van der Waals surface area contributed by atoms with Crippen LogP contribution in [0, 0.1) is 0 Å². The van der Waals surface area contributed by atoms with Gasteiger partial charge in [-0.25, -0.2) is 9.80 Å². The van der Waals surface area contributed by atoms with E-state index in [0.717, 1.165) is 5.56 Å². The number of carbonyl (C=O) groups excluding carboxylic acids is 2. The largest absolute Gasteiger partial charge is 0.443 e. The van der Waals surface area contributed by atoms with Gasteiger partial charge in [0.2, 0.25) is 0 Å². The first kappa shape index (κ1) is 20.4. The highest BCUT2D eigenvalue weighted by atomic mass is 16.6. The molecule has 0 radical (unpaired) electrons. The van der Waals surface area contributed by atoms with Crippen molar-refractivity contribution in [3.8, 4) is 0 Å². The van der Waals surface area contributed by atoms with Crippen molar-refractivity contribution in [1.29, 1.82) is 0 Å². The van der Waals surface area contributed by atoms with Gasteiger partial charge in [-0.15, -0.1) is 0 Å². The molecule has 0 saturated carbocycles. The van der Waals surface area contributed by atoms with E-state index in [2.05, 4.69) is 0 Å². The second-order valence-corrected chi connectivity index (χ2v) is 7.19. The third-order valence-electron chi connectivity index (χ3n) is 3.78. The second kappa shape index (κ2) is 9.12. The highest BCUT2D eigenvalue weighted by Gasteiger charge is 2.37. The maximum Gasteiger partial charge on any atom is 0.425 e. The molecule has 1 heterocycles. The third-order valence-corrected chi connectivity index (χ3v) is 3.78. The molecular weight excluding hydrogens is 336 g/mol. The predicted octanol–water partition coefficient (Wildman–Crippen LogP) is 2.60. The number of hydrogen-bond donors (Lipinski definition) is 0. The van der Waals surface area contributed by atoms with E-state index in [1.165, 1.54) is 5.01 Å². The number of nitrogens with zero attached hydrogens (tertiary/aromatic N) is 2. The summed E-state index contributed by atoms with van der Waals surface area (Å²) in [5.74, 6) is 0. The van der Waals surface area contributed by atoms with E-state index in [0.29, 0.717) is 32.7 Å². The van der Waals surface area contributed by atoms with Gasteiger partial charge in [-0.2, -0.15) is 5.01 Å². The molecule has 0 bridgehead atoms. The number of hydrogen-bond acceptors (Lipinski definition) is 6. The van der Waals surface area contributed by atoms with Crippen LogP contribution in [0.25, 0.3) is 0 Å². The fourth-order valence-electron chi connectivity index (χ4n) is 2.59. The number of morpholine rings is 1. The number of hydrazine groups is 1. The summed E-state index contributed by atoms with van der Waals surface area (Å²) in [5, 5.41) is 3.05. The zero-order valence-corrected chi connectivity index (χ0v) is 15.9. The van der Waals surface area contributed by atoms with Crippen LogP contribution in [0.3, 0.4) is 0 Å². The maximum atomic E-state index is 12.7. The van der Waals surface area contributed by atoms with Crippen LogP contribution in [0.5, 0.6) is 0 Å². The maximum absolute atomic E-state index is 12.7. The van der Waals surface area contributed by atoms with Gasteiger partial charge in [0, 0.05) is 6.54 Å². The summed E-state index contributed by atoms with van der Waals surface area (Å²) in [4.78, 5) is 24.1. The summed E-state index contributed by atoms with van der Waals surface area (Å²) in [5.41, 5.74) is 0.357. The molecule has 1 amide bonds. The van der Waals surface area contributed by atoms with Gasteiger partial charge < -0.3 is 19.0 Å². The Labute approximate surface area is 154 Å². The first-order chi connectivity index (χ1) is 12.3. The van der Waals surface area contributed by atoms with Crippen LogP contribution in [0.2, 0.25) is 0 Å². The number of amides is 1. The monoisotopic (exact) mass is 364 g/mol. The van der Waals surface area contributed by atoms with Gasteiger partial charge in [0.15, 0.2) is 6.23 Å². The number of carbonyl (C=O) groups is 2. The van der Waals surface area contributed by atoms with E-state index in [9.17, 15) is 9.59 Å². The van der Waals surface area contributed by atoms with Crippen LogP contribution >= 0.6 is 0 Å². The van der Waals surface area contributed by atoms with Crippen LogP contribution < -0.4 is 0 Å². The summed E-state index contributed by atoms with van der Waals surface area (Å²) in [6, 6.07) is 9.08. The summed E-state index contributed by atoms with van der Waals surface area (Å²) >= 11 is 0. The van der Waals surface area contributed by atoms with E-state index in [1.807, 2.05) is 30.3 Å². The SMILES string of the molecule is CC(C=O)N(C(=O)OC(C)(C)C)N1CCOCC1OCc1ccccc1. The topological polar surface area (TPSA) is 68.3 Å². The van der Waals surface area contributed by atoms with Crippen molar-refractivity contribution in [1.82, 2.24) is 10.0 Å². The summed E-state index contributed by atoms with van der Waals surface area (Å²) in [6.45, 7) is 8.57. The van der Waals surface area contributed by atoms with Gasteiger partial charge in [-0.05, 0) is 33.3 Å². The lowest BCUT2D eigenvalue weighted by Crippen LogP contribution is -2.61. The Morgan fingerprint density at radius 3 is 2.69 bits per heavy atom. The molecule has 2 atom stereocenters.